The van der Waals surface area contributed by atoms with Crippen molar-refractivity contribution < 1.29 is 9.59 Å². The Hall–Kier alpha value is -1.59. The van der Waals surface area contributed by atoms with Crippen molar-refractivity contribution in [1.82, 2.24) is 10.2 Å². The van der Waals surface area contributed by atoms with Crippen molar-refractivity contribution in [3.8, 4) is 0 Å². The van der Waals surface area contributed by atoms with Crippen LogP contribution in [0.1, 0.15) is 24.9 Å². The van der Waals surface area contributed by atoms with Crippen LogP contribution in [0.2, 0.25) is 0 Å². The minimum absolute atomic E-state index is 0. The van der Waals surface area contributed by atoms with E-state index in [9.17, 15) is 9.59 Å². The van der Waals surface area contributed by atoms with E-state index in [4.69, 9.17) is 5.73 Å². The van der Waals surface area contributed by atoms with Crippen LogP contribution in [0.25, 0.3) is 0 Å². The zero-order valence-electron chi connectivity index (χ0n) is 12.7. The van der Waals surface area contributed by atoms with Gasteiger partial charge in [-0.25, -0.2) is 0 Å². The van der Waals surface area contributed by atoms with E-state index in [1.165, 1.54) is 4.90 Å². The maximum Gasteiger partial charge on any atom is 0.224 e. The second-order valence-corrected chi connectivity index (χ2v) is 5.05. The third kappa shape index (κ3) is 6.14. The van der Waals surface area contributed by atoms with Crippen LogP contribution in [-0.2, 0) is 9.59 Å². The van der Waals surface area contributed by atoms with Gasteiger partial charge in [0, 0.05) is 33.1 Å². The number of amides is 2. The molecule has 0 aromatic heterocycles. The number of nitrogens with two attached hydrogens (primary N) is 1. The van der Waals surface area contributed by atoms with Crippen LogP contribution in [0.15, 0.2) is 30.3 Å². The Kier molecular flexibility index (Phi) is 8.66. The zero-order chi connectivity index (χ0) is 15.1. The summed E-state index contributed by atoms with van der Waals surface area (Å²) in [6, 6.07) is 9.17. The van der Waals surface area contributed by atoms with E-state index >= 15 is 0 Å². The van der Waals surface area contributed by atoms with Crippen molar-refractivity contribution in [3.63, 3.8) is 0 Å². The van der Waals surface area contributed by atoms with Gasteiger partial charge in [0.15, 0.2) is 0 Å². The Bertz CT molecular complexity index is 451. The van der Waals surface area contributed by atoms with E-state index < -0.39 is 0 Å². The fourth-order valence-corrected chi connectivity index (χ4v) is 1.80. The van der Waals surface area contributed by atoms with E-state index in [2.05, 4.69) is 5.32 Å². The van der Waals surface area contributed by atoms with Crippen molar-refractivity contribution in [2.45, 2.75) is 19.4 Å². The molecule has 0 saturated carbocycles. The van der Waals surface area contributed by atoms with Gasteiger partial charge in [-0.2, -0.15) is 0 Å². The molecule has 0 aliphatic carbocycles. The second-order valence-electron chi connectivity index (χ2n) is 5.05. The molecule has 0 spiro atoms. The highest BCUT2D eigenvalue weighted by molar-refractivity contribution is 5.85. The monoisotopic (exact) mass is 313 g/mol. The molecule has 2 unspecified atom stereocenters. The number of hydrogen-bond acceptors (Lipinski definition) is 3. The normalized spacial score (nSPS) is 12.8. The summed E-state index contributed by atoms with van der Waals surface area (Å²) in [5.41, 5.74) is 7.01. The molecule has 0 fully saturated rings. The lowest BCUT2D eigenvalue weighted by Crippen LogP contribution is -2.37. The SMILES string of the molecule is CC(C(=O)NCCC(=O)N(C)C)C(N)c1ccccc1.Cl. The molecule has 0 saturated heterocycles. The van der Waals surface area contributed by atoms with Crippen LogP contribution in [0.4, 0.5) is 0 Å². The summed E-state index contributed by atoms with van der Waals surface area (Å²) in [6.07, 6.45) is 0.298. The summed E-state index contributed by atoms with van der Waals surface area (Å²) in [6.45, 7) is 2.13. The van der Waals surface area contributed by atoms with Crippen molar-refractivity contribution in [1.29, 1.82) is 0 Å². The zero-order valence-corrected chi connectivity index (χ0v) is 13.5. The fraction of sp³-hybridized carbons (Fsp3) is 0.467. The standard InChI is InChI=1S/C15H23N3O2.ClH/c1-11(14(16)12-7-5-4-6-8-12)15(20)17-10-9-13(19)18(2)3;/h4-8,11,14H,9-10,16H2,1-3H3,(H,17,20);1H. The Morgan fingerprint density at radius 2 is 1.81 bits per heavy atom. The average Bonchev–Trinajstić information content (AvgIpc) is 2.46. The van der Waals surface area contributed by atoms with Crippen molar-refractivity contribution in [2.75, 3.05) is 20.6 Å². The first-order valence-electron chi connectivity index (χ1n) is 6.72. The van der Waals surface area contributed by atoms with Gasteiger partial charge in [-0.3, -0.25) is 9.59 Å². The highest BCUT2D eigenvalue weighted by atomic mass is 35.5. The molecule has 1 aromatic rings. The number of nitrogens with zero attached hydrogens (tertiary/aromatic N) is 1. The van der Waals surface area contributed by atoms with Gasteiger partial charge in [0.25, 0.3) is 0 Å². The largest absolute Gasteiger partial charge is 0.355 e. The summed E-state index contributed by atoms with van der Waals surface area (Å²) in [4.78, 5) is 24.9. The highest BCUT2D eigenvalue weighted by Gasteiger charge is 2.21. The number of carbonyl (C=O) groups excluding carboxylic acids is 2. The minimum Gasteiger partial charge on any atom is -0.355 e. The van der Waals surface area contributed by atoms with Gasteiger partial charge in [0.05, 0.1) is 5.92 Å². The van der Waals surface area contributed by atoms with Gasteiger partial charge in [-0.1, -0.05) is 37.3 Å². The molecule has 1 aromatic carbocycles. The Morgan fingerprint density at radius 3 is 2.33 bits per heavy atom. The van der Waals surface area contributed by atoms with Crippen LogP contribution in [0, 0.1) is 5.92 Å². The molecular weight excluding hydrogens is 290 g/mol. The molecule has 6 heteroatoms. The van der Waals surface area contributed by atoms with Gasteiger partial charge in [-0.15, -0.1) is 12.4 Å². The summed E-state index contributed by atoms with van der Waals surface area (Å²) in [5.74, 6) is -0.481. The summed E-state index contributed by atoms with van der Waals surface area (Å²) >= 11 is 0. The predicted octanol–water partition coefficient (Wildman–Crippen LogP) is 1.34. The van der Waals surface area contributed by atoms with Gasteiger partial charge >= 0.3 is 0 Å². The Morgan fingerprint density at radius 1 is 1.24 bits per heavy atom. The molecule has 1 rings (SSSR count). The van der Waals surface area contributed by atoms with Gasteiger partial charge in [0.2, 0.25) is 11.8 Å². The topological polar surface area (TPSA) is 75.4 Å². The molecule has 0 aliphatic heterocycles. The number of hydrogen-bond donors (Lipinski definition) is 2. The van der Waals surface area contributed by atoms with Crippen molar-refractivity contribution in [2.24, 2.45) is 11.7 Å². The van der Waals surface area contributed by atoms with Crippen molar-refractivity contribution in [3.05, 3.63) is 35.9 Å². The lowest BCUT2D eigenvalue weighted by molar-refractivity contribution is -0.129. The molecule has 0 heterocycles. The lowest BCUT2D eigenvalue weighted by atomic mass is 9.95. The predicted molar refractivity (Wildman–Crippen MR) is 86.1 cm³/mol. The quantitative estimate of drug-likeness (QED) is 0.832. The third-order valence-corrected chi connectivity index (χ3v) is 3.27. The highest BCUT2D eigenvalue weighted by Crippen LogP contribution is 2.18. The summed E-state index contributed by atoms with van der Waals surface area (Å²) < 4.78 is 0. The molecule has 118 valence electrons. The van der Waals surface area contributed by atoms with E-state index in [0.29, 0.717) is 13.0 Å². The maximum atomic E-state index is 12.0. The van der Waals surface area contributed by atoms with Gasteiger partial charge < -0.3 is 16.0 Å². The molecule has 0 aliphatic rings. The minimum atomic E-state index is -0.347. The molecular formula is C15H24ClN3O2. The van der Waals surface area contributed by atoms with Crippen LogP contribution in [0.3, 0.4) is 0 Å². The van der Waals surface area contributed by atoms with Crippen molar-refractivity contribution >= 4 is 24.2 Å². The van der Waals surface area contributed by atoms with Gasteiger partial charge in [-0.05, 0) is 5.56 Å². The Balaban J connectivity index is 0.00000400. The second kappa shape index (κ2) is 9.37. The number of halogens is 1. The number of carbonyl (C=O) groups is 2. The molecule has 2 atom stereocenters. The van der Waals surface area contributed by atoms with Crippen LogP contribution < -0.4 is 11.1 Å². The van der Waals surface area contributed by atoms with E-state index in [1.54, 1.807) is 21.0 Å². The molecule has 0 bridgehead atoms. The van der Waals surface area contributed by atoms with E-state index in [-0.39, 0.29) is 36.2 Å². The molecule has 2 amide bonds. The first-order valence-corrected chi connectivity index (χ1v) is 6.72. The molecule has 21 heavy (non-hydrogen) atoms. The molecule has 3 N–H and O–H groups in total. The molecule has 5 nitrogen and oxygen atoms in total. The fourth-order valence-electron chi connectivity index (χ4n) is 1.80. The molecule has 0 radical (unpaired) electrons. The Labute approximate surface area is 132 Å². The van der Waals surface area contributed by atoms with Gasteiger partial charge in [0.1, 0.15) is 0 Å². The average molecular weight is 314 g/mol. The van der Waals surface area contributed by atoms with Crippen LogP contribution in [0.5, 0.6) is 0 Å². The van der Waals surface area contributed by atoms with Crippen LogP contribution in [-0.4, -0.2) is 37.4 Å². The van der Waals surface area contributed by atoms with E-state index in [0.717, 1.165) is 5.56 Å². The number of rotatable bonds is 6. The maximum absolute atomic E-state index is 12.0. The summed E-state index contributed by atoms with van der Waals surface area (Å²) in [7, 11) is 3.39. The number of nitrogens with one attached hydrogen (secondary N) is 1. The third-order valence-electron chi connectivity index (χ3n) is 3.27. The smallest absolute Gasteiger partial charge is 0.224 e. The first-order chi connectivity index (χ1) is 9.43. The van der Waals surface area contributed by atoms with Crippen LogP contribution >= 0.6 is 12.4 Å². The van der Waals surface area contributed by atoms with E-state index in [1.807, 2.05) is 30.3 Å². The first kappa shape index (κ1) is 19.4. The lowest BCUT2D eigenvalue weighted by Gasteiger charge is -2.20. The number of benzene rings is 1. The summed E-state index contributed by atoms with van der Waals surface area (Å²) in [5, 5.41) is 2.75.